The number of nitrogens with zero attached hydrogens (tertiary/aromatic N) is 2. The Labute approximate surface area is 163 Å². The first-order chi connectivity index (χ1) is 13.3. The fraction of sp³-hybridized carbons (Fsp3) is 0.421. The number of carbonyl (C=O) groups is 2. The number of hydrogen-bond donors (Lipinski definition) is 2. The standard InChI is InChI=1S/C19H22N4O4S/c1-28(26,27)23-12-7-14-13-15(5-6-16(14)23)17(24)22-19(8-3-2-4-9-19)18(25)21-11-10-20/h5-7,12-13H,2-4,8-9,11H2,1H3,(H,21,25)(H,22,24). The Bertz CT molecular complexity index is 1060. The molecule has 0 spiro atoms. The summed E-state index contributed by atoms with van der Waals surface area (Å²) in [6, 6.07) is 8.24. The largest absolute Gasteiger partial charge is 0.341 e. The molecule has 0 saturated heterocycles. The van der Waals surface area contributed by atoms with Gasteiger partial charge in [0.2, 0.25) is 15.9 Å². The van der Waals surface area contributed by atoms with Crippen LogP contribution in [0.2, 0.25) is 0 Å². The molecule has 2 amide bonds. The van der Waals surface area contributed by atoms with Gasteiger partial charge in [0, 0.05) is 17.1 Å². The van der Waals surface area contributed by atoms with Crippen molar-refractivity contribution in [1.29, 1.82) is 5.26 Å². The van der Waals surface area contributed by atoms with Crippen molar-refractivity contribution < 1.29 is 18.0 Å². The van der Waals surface area contributed by atoms with E-state index in [0.29, 0.717) is 29.3 Å². The zero-order chi connectivity index (χ0) is 20.4. The molecule has 0 aliphatic heterocycles. The van der Waals surface area contributed by atoms with Crippen LogP contribution in [0.15, 0.2) is 30.5 Å². The summed E-state index contributed by atoms with van der Waals surface area (Å²) in [5, 5.41) is 14.8. The van der Waals surface area contributed by atoms with Gasteiger partial charge < -0.3 is 10.6 Å². The third kappa shape index (κ3) is 3.87. The van der Waals surface area contributed by atoms with Crippen LogP contribution in [0.25, 0.3) is 10.9 Å². The van der Waals surface area contributed by atoms with Gasteiger partial charge in [-0.25, -0.2) is 12.4 Å². The number of nitrogens with one attached hydrogen (secondary N) is 2. The number of nitriles is 1. The molecular weight excluding hydrogens is 380 g/mol. The van der Waals surface area contributed by atoms with Gasteiger partial charge in [-0.2, -0.15) is 5.26 Å². The molecule has 8 nitrogen and oxygen atoms in total. The SMILES string of the molecule is CS(=O)(=O)n1ccc2cc(C(=O)NC3(C(=O)NCC#N)CCCCC3)ccc21. The van der Waals surface area contributed by atoms with E-state index in [2.05, 4.69) is 10.6 Å². The van der Waals surface area contributed by atoms with Crippen molar-refractivity contribution in [2.24, 2.45) is 0 Å². The average molecular weight is 402 g/mol. The molecule has 1 aromatic carbocycles. The fourth-order valence-corrected chi connectivity index (χ4v) is 4.50. The highest BCUT2D eigenvalue weighted by molar-refractivity contribution is 7.89. The van der Waals surface area contributed by atoms with Gasteiger partial charge in [0.05, 0.1) is 17.8 Å². The van der Waals surface area contributed by atoms with Gasteiger partial charge in [0.15, 0.2) is 0 Å². The molecule has 1 aliphatic rings. The van der Waals surface area contributed by atoms with Gasteiger partial charge in [-0.15, -0.1) is 0 Å². The topological polar surface area (TPSA) is 121 Å². The summed E-state index contributed by atoms with van der Waals surface area (Å²) in [5.41, 5.74) is -0.199. The predicted molar refractivity (Wildman–Crippen MR) is 104 cm³/mol. The van der Waals surface area contributed by atoms with E-state index < -0.39 is 21.5 Å². The number of hydrogen-bond acceptors (Lipinski definition) is 5. The molecule has 0 unspecified atom stereocenters. The van der Waals surface area contributed by atoms with Gasteiger partial charge in [-0.05, 0) is 37.1 Å². The van der Waals surface area contributed by atoms with Crippen molar-refractivity contribution in [3.8, 4) is 6.07 Å². The van der Waals surface area contributed by atoms with E-state index >= 15 is 0 Å². The minimum Gasteiger partial charge on any atom is -0.341 e. The molecule has 0 atom stereocenters. The summed E-state index contributed by atoms with van der Waals surface area (Å²) >= 11 is 0. The summed E-state index contributed by atoms with van der Waals surface area (Å²) < 4.78 is 24.8. The monoisotopic (exact) mass is 402 g/mol. The first kappa shape index (κ1) is 19.9. The van der Waals surface area contributed by atoms with Crippen LogP contribution in [0.5, 0.6) is 0 Å². The number of carbonyl (C=O) groups excluding carboxylic acids is 2. The van der Waals surface area contributed by atoms with E-state index in [9.17, 15) is 18.0 Å². The number of fused-ring (bicyclic) bond motifs is 1. The first-order valence-corrected chi connectivity index (χ1v) is 10.9. The second kappa shape index (κ2) is 7.64. The molecule has 1 fully saturated rings. The van der Waals surface area contributed by atoms with Crippen molar-refractivity contribution in [2.45, 2.75) is 37.6 Å². The number of aromatic nitrogens is 1. The number of rotatable bonds is 5. The first-order valence-electron chi connectivity index (χ1n) is 9.06. The van der Waals surface area contributed by atoms with E-state index in [-0.39, 0.29) is 12.5 Å². The lowest BCUT2D eigenvalue weighted by molar-refractivity contribution is -0.128. The summed E-state index contributed by atoms with van der Waals surface area (Å²) in [7, 11) is -3.43. The van der Waals surface area contributed by atoms with Crippen LogP contribution >= 0.6 is 0 Å². The Kier molecular flexibility index (Phi) is 5.42. The Morgan fingerprint density at radius 1 is 1.21 bits per heavy atom. The van der Waals surface area contributed by atoms with Gasteiger partial charge in [-0.3, -0.25) is 9.59 Å². The normalized spacial score (nSPS) is 16.3. The van der Waals surface area contributed by atoms with Crippen molar-refractivity contribution in [1.82, 2.24) is 14.6 Å². The molecule has 9 heteroatoms. The molecule has 28 heavy (non-hydrogen) atoms. The Balaban J connectivity index is 1.88. The molecule has 148 valence electrons. The molecule has 1 aromatic heterocycles. The molecule has 0 bridgehead atoms. The molecule has 1 saturated carbocycles. The van der Waals surface area contributed by atoms with Crippen molar-refractivity contribution >= 4 is 32.7 Å². The lowest BCUT2D eigenvalue weighted by atomic mass is 9.80. The molecular formula is C19H22N4O4S. The van der Waals surface area contributed by atoms with E-state index in [4.69, 9.17) is 5.26 Å². The highest BCUT2D eigenvalue weighted by Crippen LogP contribution is 2.29. The molecule has 3 rings (SSSR count). The molecule has 1 aliphatic carbocycles. The summed E-state index contributed by atoms with van der Waals surface area (Å²) in [5.74, 6) is -0.741. The quantitative estimate of drug-likeness (QED) is 0.735. The second-order valence-electron chi connectivity index (χ2n) is 7.09. The average Bonchev–Trinajstić information content (AvgIpc) is 3.10. The summed E-state index contributed by atoms with van der Waals surface area (Å²) in [4.78, 5) is 25.5. The predicted octanol–water partition coefficient (Wildman–Crippen LogP) is 1.52. The minimum absolute atomic E-state index is 0.110. The lowest BCUT2D eigenvalue weighted by Crippen LogP contribution is -2.59. The maximum Gasteiger partial charge on any atom is 0.252 e. The van der Waals surface area contributed by atoms with Crippen LogP contribution in [0.1, 0.15) is 42.5 Å². The van der Waals surface area contributed by atoms with E-state index in [1.54, 1.807) is 24.3 Å². The Hall–Kier alpha value is -2.86. The number of benzene rings is 1. The fourth-order valence-electron chi connectivity index (χ4n) is 3.69. The van der Waals surface area contributed by atoms with Crippen LogP contribution in [0.4, 0.5) is 0 Å². The van der Waals surface area contributed by atoms with Crippen LogP contribution in [0, 0.1) is 11.3 Å². The van der Waals surface area contributed by atoms with Crippen LogP contribution in [-0.2, 0) is 14.8 Å². The van der Waals surface area contributed by atoms with Crippen LogP contribution in [-0.4, -0.2) is 42.5 Å². The molecule has 2 aromatic rings. The zero-order valence-corrected chi connectivity index (χ0v) is 16.4. The molecule has 2 N–H and O–H groups in total. The second-order valence-corrected chi connectivity index (χ2v) is 8.95. The highest BCUT2D eigenvalue weighted by Gasteiger charge is 2.40. The Morgan fingerprint density at radius 2 is 1.93 bits per heavy atom. The van der Waals surface area contributed by atoms with Crippen molar-refractivity contribution in [2.75, 3.05) is 12.8 Å². The van der Waals surface area contributed by atoms with Crippen molar-refractivity contribution in [3.05, 3.63) is 36.0 Å². The lowest BCUT2D eigenvalue weighted by Gasteiger charge is -2.36. The third-order valence-electron chi connectivity index (χ3n) is 5.10. The van der Waals surface area contributed by atoms with Crippen LogP contribution in [0.3, 0.4) is 0 Å². The third-order valence-corrected chi connectivity index (χ3v) is 6.13. The maximum absolute atomic E-state index is 12.9. The Morgan fingerprint density at radius 3 is 2.57 bits per heavy atom. The van der Waals surface area contributed by atoms with E-state index in [1.165, 1.54) is 6.20 Å². The van der Waals surface area contributed by atoms with Gasteiger partial charge in [-0.1, -0.05) is 19.3 Å². The van der Waals surface area contributed by atoms with E-state index in [1.807, 2.05) is 6.07 Å². The number of amides is 2. The van der Waals surface area contributed by atoms with Crippen molar-refractivity contribution in [3.63, 3.8) is 0 Å². The van der Waals surface area contributed by atoms with Gasteiger partial charge >= 0.3 is 0 Å². The maximum atomic E-state index is 12.9. The molecule has 1 heterocycles. The van der Waals surface area contributed by atoms with E-state index in [0.717, 1.165) is 29.5 Å². The van der Waals surface area contributed by atoms with Crippen LogP contribution < -0.4 is 10.6 Å². The highest BCUT2D eigenvalue weighted by atomic mass is 32.2. The van der Waals surface area contributed by atoms with Gasteiger partial charge in [0.25, 0.3) is 5.91 Å². The van der Waals surface area contributed by atoms with Gasteiger partial charge in [0.1, 0.15) is 12.1 Å². The zero-order valence-electron chi connectivity index (χ0n) is 15.6. The minimum atomic E-state index is -3.43. The summed E-state index contributed by atoms with van der Waals surface area (Å²) in [6.07, 6.45) is 6.21. The smallest absolute Gasteiger partial charge is 0.252 e. The molecule has 0 radical (unpaired) electrons. The summed E-state index contributed by atoms with van der Waals surface area (Å²) in [6.45, 7) is -0.110.